The highest BCUT2D eigenvalue weighted by molar-refractivity contribution is 7.27. The molecule has 3 aromatic rings. The summed E-state index contributed by atoms with van der Waals surface area (Å²) in [6.07, 6.45) is 0. The Morgan fingerprint density at radius 3 is 1.78 bits per heavy atom. The van der Waals surface area contributed by atoms with E-state index in [9.17, 15) is 0 Å². The molecule has 0 spiro atoms. The van der Waals surface area contributed by atoms with E-state index in [4.69, 9.17) is 0 Å². The van der Waals surface area contributed by atoms with E-state index in [0.29, 0.717) is 0 Å². The first-order valence-corrected chi connectivity index (χ1v) is 8.57. The van der Waals surface area contributed by atoms with Gasteiger partial charge in [-0.2, -0.15) is 0 Å². The standard InChI is InChI=1S/C22H23P/c1-14-9-15(2)11-20(10-14)18-5-7-21(16(3)12-18)19-6-8-22(23)17(4)13-19/h5-13H,23H2,1-4H3. The van der Waals surface area contributed by atoms with E-state index < -0.39 is 0 Å². The van der Waals surface area contributed by atoms with Crippen molar-refractivity contribution in [3.05, 3.63) is 76.9 Å². The maximum atomic E-state index is 2.79. The molecule has 23 heavy (non-hydrogen) atoms. The quantitative estimate of drug-likeness (QED) is 0.527. The van der Waals surface area contributed by atoms with Crippen LogP contribution in [0.15, 0.2) is 54.6 Å². The second-order valence-corrected chi connectivity index (χ2v) is 7.10. The van der Waals surface area contributed by atoms with Crippen LogP contribution < -0.4 is 5.30 Å². The highest BCUT2D eigenvalue weighted by atomic mass is 31.0. The lowest BCUT2D eigenvalue weighted by Gasteiger charge is -2.12. The van der Waals surface area contributed by atoms with Gasteiger partial charge in [-0.3, -0.25) is 0 Å². The molecule has 116 valence electrons. The minimum atomic E-state index is 1.26. The van der Waals surface area contributed by atoms with Crippen molar-refractivity contribution in [2.75, 3.05) is 0 Å². The van der Waals surface area contributed by atoms with Gasteiger partial charge in [-0.1, -0.05) is 65.7 Å². The maximum Gasteiger partial charge on any atom is -0.0154 e. The van der Waals surface area contributed by atoms with Crippen LogP contribution in [-0.4, -0.2) is 0 Å². The summed E-state index contributed by atoms with van der Waals surface area (Å²) < 4.78 is 0. The fourth-order valence-electron chi connectivity index (χ4n) is 3.15. The average molecular weight is 318 g/mol. The molecule has 0 aromatic heterocycles. The minimum Gasteiger partial charge on any atom is -0.105 e. The molecule has 0 N–H and O–H groups in total. The van der Waals surface area contributed by atoms with E-state index in [-0.39, 0.29) is 0 Å². The van der Waals surface area contributed by atoms with E-state index >= 15 is 0 Å². The lowest BCUT2D eigenvalue weighted by Crippen LogP contribution is -1.96. The Bertz CT molecular complexity index is 855. The first-order valence-electron chi connectivity index (χ1n) is 8.00. The number of hydrogen-bond acceptors (Lipinski definition) is 0. The molecule has 0 aliphatic rings. The lowest BCUT2D eigenvalue weighted by molar-refractivity contribution is 1.37. The molecule has 0 aliphatic carbocycles. The van der Waals surface area contributed by atoms with Gasteiger partial charge in [0.25, 0.3) is 0 Å². The molecular weight excluding hydrogens is 295 g/mol. The Morgan fingerprint density at radius 1 is 0.565 bits per heavy atom. The fraction of sp³-hybridized carbons (Fsp3) is 0.182. The van der Waals surface area contributed by atoms with Crippen molar-refractivity contribution in [1.29, 1.82) is 0 Å². The van der Waals surface area contributed by atoms with Crippen LogP contribution in [0.2, 0.25) is 0 Å². The second-order valence-electron chi connectivity index (χ2n) is 6.48. The monoisotopic (exact) mass is 318 g/mol. The van der Waals surface area contributed by atoms with Gasteiger partial charge in [-0.25, -0.2) is 0 Å². The van der Waals surface area contributed by atoms with Crippen LogP contribution >= 0.6 is 9.24 Å². The van der Waals surface area contributed by atoms with Gasteiger partial charge in [0.15, 0.2) is 0 Å². The predicted molar refractivity (Wildman–Crippen MR) is 106 cm³/mol. The summed E-state index contributed by atoms with van der Waals surface area (Å²) in [6.45, 7) is 8.67. The summed E-state index contributed by atoms with van der Waals surface area (Å²) in [5.74, 6) is 0. The Kier molecular flexibility index (Phi) is 4.37. The molecule has 1 unspecified atom stereocenters. The third-order valence-electron chi connectivity index (χ3n) is 4.36. The van der Waals surface area contributed by atoms with Crippen molar-refractivity contribution in [3.63, 3.8) is 0 Å². The number of aryl methyl sites for hydroxylation is 4. The third kappa shape index (κ3) is 3.38. The van der Waals surface area contributed by atoms with Gasteiger partial charge >= 0.3 is 0 Å². The van der Waals surface area contributed by atoms with Crippen LogP contribution in [0.5, 0.6) is 0 Å². The summed E-state index contributed by atoms with van der Waals surface area (Å²) in [4.78, 5) is 0. The molecule has 1 heteroatoms. The molecule has 0 amide bonds. The molecule has 3 rings (SSSR count). The SMILES string of the molecule is Cc1cc(C)cc(-c2ccc(-c3ccc(P)c(C)c3)c(C)c2)c1. The van der Waals surface area contributed by atoms with Crippen molar-refractivity contribution < 1.29 is 0 Å². The number of rotatable bonds is 2. The molecular formula is C22H23P. The van der Waals surface area contributed by atoms with Gasteiger partial charge in [0.05, 0.1) is 0 Å². The predicted octanol–water partition coefficient (Wildman–Crippen LogP) is 5.75. The van der Waals surface area contributed by atoms with Crippen molar-refractivity contribution in [3.8, 4) is 22.3 Å². The smallest absolute Gasteiger partial charge is 0.0154 e. The van der Waals surface area contributed by atoms with Gasteiger partial charge < -0.3 is 0 Å². The molecule has 3 aromatic carbocycles. The molecule has 0 nitrogen and oxygen atoms in total. The molecule has 0 saturated heterocycles. The Labute approximate surface area is 141 Å². The first kappa shape index (κ1) is 16.0. The van der Waals surface area contributed by atoms with Gasteiger partial charge in [0.2, 0.25) is 0 Å². The van der Waals surface area contributed by atoms with E-state index in [0.717, 1.165) is 0 Å². The Balaban J connectivity index is 2.05. The van der Waals surface area contributed by atoms with Crippen LogP contribution in [0.3, 0.4) is 0 Å². The minimum absolute atomic E-state index is 1.26. The Hall–Kier alpha value is -1.91. The Morgan fingerprint density at radius 2 is 1.17 bits per heavy atom. The van der Waals surface area contributed by atoms with Crippen LogP contribution in [0.1, 0.15) is 22.3 Å². The van der Waals surface area contributed by atoms with Crippen LogP contribution in [0.4, 0.5) is 0 Å². The fourth-order valence-corrected chi connectivity index (χ4v) is 3.33. The zero-order chi connectivity index (χ0) is 16.6. The highest BCUT2D eigenvalue weighted by Crippen LogP contribution is 2.29. The second kappa shape index (κ2) is 6.30. The first-order chi connectivity index (χ1) is 10.9. The summed E-state index contributed by atoms with van der Waals surface area (Å²) in [5, 5.41) is 1.26. The normalized spacial score (nSPS) is 10.8. The van der Waals surface area contributed by atoms with Gasteiger partial charge in [0.1, 0.15) is 0 Å². The van der Waals surface area contributed by atoms with Crippen molar-refractivity contribution >= 4 is 14.5 Å². The maximum absolute atomic E-state index is 2.79. The number of hydrogen-bond donors (Lipinski definition) is 0. The van der Waals surface area contributed by atoms with E-state index in [1.807, 2.05) is 0 Å². The van der Waals surface area contributed by atoms with Crippen molar-refractivity contribution in [2.45, 2.75) is 27.7 Å². The topological polar surface area (TPSA) is 0 Å². The van der Waals surface area contributed by atoms with Gasteiger partial charge in [-0.05, 0) is 66.4 Å². The summed E-state index contributed by atoms with van der Waals surface area (Å²) in [6, 6.07) is 20.2. The van der Waals surface area contributed by atoms with Crippen molar-refractivity contribution in [2.24, 2.45) is 0 Å². The van der Waals surface area contributed by atoms with E-state index in [2.05, 4.69) is 91.5 Å². The van der Waals surface area contributed by atoms with E-state index in [1.54, 1.807) is 0 Å². The van der Waals surface area contributed by atoms with Crippen molar-refractivity contribution in [1.82, 2.24) is 0 Å². The number of benzene rings is 3. The summed E-state index contributed by atoms with van der Waals surface area (Å²) >= 11 is 0. The molecule has 0 radical (unpaired) electrons. The molecule has 0 aliphatic heterocycles. The molecule has 0 bridgehead atoms. The van der Waals surface area contributed by atoms with E-state index in [1.165, 1.54) is 49.8 Å². The zero-order valence-electron chi connectivity index (χ0n) is 14.3. The molecule has 1 atom stereocenters. The molecule has 0 saturated carbocycles. The molecule has 0 heterocycles. The summed E-state index contributed by atoms with van der Waals surface area (Å²) in [7, 11) is 2.79. The third-order valence-corrected chi connectivity index (χ3v) is 5.01. The van der Waals surface area contributed by atoms with Gasteiger partial charge in [0, 0.05) is 0 Å². The lowest BCUT2D eigenvalue weighted by atomic mass is 9.94. The van der Waals surface area contributed by atoms with Gasteiger partial charge in [-0.15, -0.1) is 9.24 Å². The average Bonchev–Trinajstić information content (AvgIpc) is 2.49. The molecule has 0 fully saturated rings. The highest BCUT2D eigenvalue weighted by Gasteiger charge is 2.06. The zero-order valence-corrected chi connectivity index (χ0v) is 15.4. The largest absolute Gasteiger partial charge is 0.105 e. The summed E-state index contributed by atoms with van der Waals surface area (Å²) in [5.41, 5.74) is 10.4. The van der Waals surface area contributed by atoms with Crippen LogP contribution in [0.25, 0.3) is 22.3 Å². The van der Waals surface area contributed by atoms with Crippen LogP contribution in [-0.2, 0) is 0 Å². The van der Waals surface area contributed by atoms with Crippen LogP contribution in [0, 0.1) is 27.7 Å².